The highest BCUT2D eigenvalue weighted by atomic mass is 32.2. The Balaban J connectivity index is 2.28. The maximum absolute atomic E-state index is 12.8. The molecule has 0 heterocycles. The molecule has 0 aliphatic heterocycles. The fraction of sp³-hybridized carbons (Fsp3) is 0.294. The van der Waals surface area contributed by atoms with Gasteiger partial charge in [0.05, 0.1) is 17.3 Å². The topological polar surface area (TPSA) is 63.6 Å². The first-order valence-electron chi connectivity index (χ1n) is 7.10. The molecule has 0 saturated carbocycles. The van der Waals surface area contributed by atoms with Crippen LogP contribution in [0.3, 0.4) is 0 Å². The summed E-state index contributed by atoms with van der Waals surface area (Å²) in [6, 6.07) is 15.8. The summed E-state index contributed by atoms with van der Waals surface area (Å²) in [5.74, 6) is 0.612. The van der Waals surface area contributed by atoms with Gasteiger partial charge < -0.3 is 9.84 Å². The average molecular weight is 320 g/mol. The number of ether oxygens (including phenoxy) is 1. The van der Waals surface area contributed by atoms with Gasteiger partial charge in [-0.05, 0) is 42.7 Å². The van der Waals surface area contributed by atoms with Crippen LogP contribution in [0, 0.1) is 0 Å². The van der Waals surface area contributed by atoms with E-state index in [2.05, 4.69) is 0 Å². The standard InChI is InChI=1S/C17H20O4S/c1-21-15-7-9-16(10-8-15)22(19,20)17(11-12-18)13-14-5-3-2-4-6-14/h2-10,17-18H,11-13H2,1H3. The van der Waals surface area contributed by atoms with Crippen molar-refractivity contribution in [2.45, 2.75) is 23.0 Å². The van der Waals surface area contributed by atoms with Crippen molar-refractivity contribution in [3.63, 3.8) is 0 Å². The van der Waals surface area contributed by atoms with Crippen molar-refractivity contribution < 1.29 is 18.3 Å². The number of methoxy groups -OCH3 is 1. The first-order chi connectivity index (χ1) is 10.6. The molecule has 0 aromatic heterocycles. The van der Waals surface area contributed by atoms with Gasteiger partial charge in [0.15, 0.2) is 9.84 Å². The lowest BCUT2D eigenvalue weighted by atomic mass is 10.1. The number of sulfone groups is 1. The van der Waals surface area contributed by atoms with E-state index in [4.69, 9.17) is 4.74 Å². The van der Waals surface area contributed by atoms with Crippen LogP contribution in [0.15, 0.2) is 59.5 Å². The van der Waals surface area contributed by atoms with E-state index in [9.17, 15) is 13.5 Å². The van der Waals surface area contributed by atoms with Gasteiger partial charge in [0, 0.05) is 6.61 Å². The number of benzene rings is 2. The third-order valence-electron chi connectivity index (χ3n) is 3.58. The second kappa shape index (κ2) is 7.42. The van der Waals surface area contributed by atoms with E-state index < -0.39 is 15.1 Å². The molecule has 0 bridgehead atoms. The van der Waals surface area contributed by atoms with E-state index in [1.54, 1.807) is 24.3 Å². The fourth-order valence-electron chi connectivity index (χ4n) is 2.35. The Labute approximate surface area is 131 Å². The molecule has 0 amide bonds. The summed E-state index contributed by atoms with van der Waals surface area (Å²) < 4.78 is 30.6. The number of hydrogen-bond acceptors (Lipinski definition) is 4. The Hall–Kier alpha value is -1.85. The lowest BCUT2D eigenvalue weighted by molar-refractivity contribution is 0.285. The molecule has 5 heteroatoms. The van der Waals surface area contributed by atoms with E-state index in [1.165, 1.54) is 7.11 Å². The molecule has 1 N–H and O–H groups in total. The largest absolute Gasteiger partial charge is 0.497 e. The lowest BCUT2D eigenvalue weighted by Gasteiger charge is -2.17. The monoisotopic (exact) mass is 320 g/mol. The molecule has 1 atom stereocenters. The van der Waals surface area contributed by atoms with Crippen molar-refractivity contribution in [3.8, 4) is 5.75 Å². The van der Waals surface area contributed by atoms with Crippen molar-refractivity contribution in [1.82, 2.24) is 0 Å². The maximum Gasteiger partial charge on any atom is 0.181 e. The summed E-state index contributed by atoms with van der Waals surface area (Å²) in [6.07, 6.45) is 0.596. The predicted octanol–water partition coefficient (Wildman–Crippen LogP) is 2.46. The van der Waals surface area contributed by atoms with E-state index in [0.717, 1.165) is 5.56 Å². The SMILES string of the molecule is COc1ccc(S(=O)(=O)C(CCO)Cc2ccccc2)cc1. The molecule has 2 aromatic carbocycles. The summed E-state index contributed by atoms with van der Waals surface area (Å²) in [6.45, 7) is -0.160. The number of hydrogen-bond donors (Lipinski definition) is 1. The highest BCUT2D eigenvalue weighted by Gasteiger charge is 2.27. The van der Waals surface area contributed by atoms with Crippen LogP contribution in [0.5, 0.6) is 5.75 Å². The second-order valence-corrected chi connectivity index (χ2v) is 7.27. The van der Waals surface area contributed by atoms with Gasteiger partial charge >= 0.3 is 0 Å². The molecule has 22 heavy (non-hydrogen) atoms. The van der Waals surface area contributed by atoms with Gasteiger partial charge in [-0.25, -0.2) is 8.42 Å². The summed E-state index contributed by atoms with van der Waals surface area (Å²) in [5, 5.41) is 8.58. The van der Waals surface area contributed by atoms with Crippen LogP contribution in [-0.4, -0.2) is 32.5 Å². The predicted molar refractivity (Wildman–Crippen MR) is 85.8 cm³/mol. The molecule has 0 fully saturated rings. The van der Waals surface area contributed by atoms with Crippen LogP contribution < -0.4 is 4.74 Å². The van der Waals surface area contributed by atoms with E-state index in [0.29, 0.717) is 12.2 Å². The summed E-state index contributed by atoms with van der Waals surface area (Å²) >= 11 is 0. The van der Waals surface area contributed by atoms with E-state index in [-0.39, 0.29) is 17.9 Å². The van der Waals surface area contributed by atoms with Crippen LogP contribution >= 0.6 is 0 Å². The first-order valence-corrected chi connectivity index (χ1v) is 8.65. The number of aliphatic hydroxyl groups is 1. The van der Waals surface area contributed by atoms with Crippen molar-refractivity contribution in [1.29, 1.82) is 0 Å². The number of rotatable bonds is 7. The molecule has 0 radical (unpaired) electrons. The van der Waals surface area contributed by atoms with Crippen molar-refractivity contribution >= 4 is 9.84 Å². The molecule has 0 saturated heterocycles. The Kier molecular flexibility index (Phi) is 5.57. The minimum atomic E-state index is -3.50. The highest BCUT2D eigenvalue weighted by Crippen LogP contribution is 2.23. The average Bonchev–Trinajstić information content (AvgIpc) is 2.55. The lowest BCUT2D eigenvalue weighted by Crippen LogP contribution is -2.25. The molecule has 0 spiro atoms. The Morgan fingerprint density at radius 3 is 2.23 bits per heavy atom. The molecule has 118 valence electrons. The summed E-state index contributed by atoms with van der Waals surface area (Å²) in [4.78, 5) is 0.252. The zero-order chi connectivity index (χ0) is 16.0. The Bertz CT molecular complexity index is 678. The van der Waals surface area contributed by atoms with Crippen LogP contribution in [0.1, 0.15) is 12.0 Å². The van der Waals surface area contributed by atoms with Crippen LogP contribution in [0.4, 0.5) is 0 Å². The second-order valence-electron chi connectivity index (χ2n) is 5.04. The Morgan fingerprint density at radius 2 is 1.68 bits per heavy atom. The molecule has 2 rings (SSSR count). The molecule has 0 aliphatic carbocycles. The molecular formula is C17H20O4S. The van der Waals surface area contributed by atoms with Gasteiger partial charge in [-0.3, -0.25) is 0 Å². The van der Waals surface area contributed by atoms with Crippen molar-refractivity contribution in [2.75, 3.05) is 13.7 Å². The van der Waals surface area contributed by atoms with Crippen molar-refractivity contribution in [3.05, 3.63) is 60.2 Å². The van der Waals surface area contributed by atoms with E-state index >= 15 is 0 Å². The van der Waals surface area contributed by atoms with Gasteiger partial charge in [0.2, 0.25) is 0 Å². The molecule has 2 aromatic rings. The fourth-order valence-corrected chi connectivity index (χ4v) is 4.07. The normalized spacial score (nSPS) is 12.8. The summed E-state index contributed by atoms with van der Waals surface area (Å²) in [5.41, 5.74) is 0.943. The first kappa shape index (κ1) is 16.5. The van der Waals surface area contributed by atoms with E-state index in [1.807, 2.05) is 30.3 Å². The quantitative estimate of drug-likeness (QED) is 0.851. The van der Waals surface area contributed by atoms with Gasteiger partial charge in [-0.2, -0.15) is 0 Å². The van der Waals surface area contributed by atoms with Crippen LogP contribution in [-0.2, 0) is 16.3 Å². The third kappa shape index (κ3) is 3.87. The van der Waals surface area contributed by atoms with Crippen molar-refractivity contribution in [2.24, 2.45) is 0 Å². The smallest absolute Gasteiger partial charge is 0.181 e. The zero-order valence-corrected chi connectivity index (χ0v) is 13.3. The molecular weight excluding hydrogens is 300 g/mol. The number of aliphatic hydroxyl groups excluding tert-OH is 1. The maximum atomic E-state index is 12.8. The molecule has 4 nitrogen and oxygen atoms in total. The zero-order valence-electron chi connectivity index (χ0n) is 12.5. The minimum absolute atomic E-state index is 0.160. The minimum Gasteiger partial charge on any atom is -0.497 e. The van der Waals surface area contributed by atoms with Gasteiger partial charge in [0.25, 0.3) is 0 Å². The third-order valence-corrected chi connectivity index (χ3v) is 5.79. The van der Waals surface area contributed by atoms with Gasteiger partial charge in [0.1, 0.15) is 5.75 Å². The van der Waals surface area contributed by atoms with Crippen LogP contribution in [0.25, 0.3) is 0 Å². The van der Waals surface area contributed by atoms with Gasteiger partial charge in [-0.15, -0.1) is 0 Å². The summed E-state index contributed by atoms with van der Waals surface area (Å²) in [7, 11) is -1.97. The van der Waals surface area contributed by atoms with Gasteiger partial charge in [-0.1, -0.05) is 30.3 Å². The highest BCUT2D eigenvalue weighted by molar-refractivity contribution is 7.92. The van der Waals surface area contributed by atoms with Crippen LogP contribution in [0.2, 0.25) is 0 Å². The molecule has 1 unspecified atom stereocenters. The Morgan fingerprint density at radius 1 is 1.05 bits per heavy atom. The molecule has 0 aliphatic rings.